The third-order valence-corrected chi connectivity index (χ3v) is 5.10. The number of aromatic nitrogens is 2. The summed E-state index contributed by atoms with van der Waals surface area (Å²) in [6.45, 7) is 1.59. The summed E-state index contributed by atoms with van der Waals surface area (Å²) in [5.41, 5.74) is 0.132. The van der Waals surface area contributed by atoms with Gasteiger partial charge in [0, 0.05) is 37.1 Å². The van der Waals surface area contributed by atoms with Crippen LogP contribution in [0.1, 0.15) is 42.7 Å². The van der Waals surface area contributed by atoms with Crippen LogP contribution >= 0.6 is 0 Å². The summed E-state index contributed by atoms with van der Waals surface area (Å²) in [4.78, 5) is 45.3. The topological polar surface area (TPSA) is 121 Å². The SMILES string of the molecule is O=C1CC(c2ccccc2[N+](=O)[O-])c2c(nc(N3CCCCC3)[nH]c2=O)N1. The van der Waals surface area contributed by atoms with Gasteiger partial charge in [-0.05, 0) is 19.3 Å². The summed E-state index contributed by atoms with van der Waals surface area (Å²) in [5.74, 6) is -0.393. The van der Waals surface area contributed by atoms with E-state index in [1.165, 1.54) is 6.07 Å². The number of nitrogens with one attached hydrogen (secondary N) is 2. The van der Waals surface area contributed by atoms with E-state index in [1.54, 1.807) is 18.2 Å². The predicted molar refractivity (Wildman–Crippen MR) is 99.1 cm³/mol. The Kier molecular flexibility index (Phi) is 4.35. The van der Waals surface area contributed by atoms with Crippen molar-refractivity contribution in [3.63, 3.8) is 0 Å². The number of hydrogen-bond donors (Lipinski definition) is 2. The molecular formula is C18H19N5O4. The maximum absolute atomic E-state index is 12.9. The van der Waals surface area contributed by atoms with Crippen LogP contribution in [0.5, 0.6) is 0 Å². The van der Waals surface area contributed by atoms with Crippen LogP contribution in [-0.2, 0) is 4.79 Å². The first-order valence-electron chi connectivity index (χ1n) is 8.97. The highest BCUT2D eigenvalue weighted by atomic mass is 16.6. The number of amides is 1. The van der Waals surface area contributed by atoms with E-state index in [4.69, 9.17) is 0 Å². The first-order chi connectivity index (χ1) is 13.0. The van der Waals surface area contributed by atoms with Crippen LogP contribution in [0.15, 0.2) is 29.1 Å². The number of benzene rings is 1. The van der Waals surface area contributed by atoms with Gasteiger partial charge in [-0.25, -0.2) is 0 Å². The molecule has 140 valence electrons. The Balaban J connectivity index is 1.82. The molecular weight excluding hydrogens is 350 g/mol. The summed E-state index contributed by atoms with van der Waals surface area (Å²) in [6, 6.07) is 6.19. The third-order valence-electron chi connectivity index (χ3n) is 5.10. The molecule has 3 heterocycles. The number of H-pyrrole nitrogens is 1. The van der Waals surface area contributed by atoms with Crippen molar-refractivity contribution < 1.29 is 9.72 Å². The molecule has 27 heavy (non-hydrogen) atoms. The van der Waals surface area contributed by atoms with E-state index < -0.39 is 10.8 Å². The second-order valence-corrected chi connectivity index (χ2v) is 6.82. The number of nitro benzene ring substituents is 1. The van der Waals surface area contributed by atoms with E-state index in [1.807, 2.05) is 4.90 Å². The number of carbonyl (C=O) groups excluding carboxylic acids is 1. The molecule has 0 radical (unpaired) electrons. The normalized spacial score (nSPS) is 19.3. The van der Waals surface area contributed by atoms with Gasteiger partial charge in [0.15, 0.2) is 0 Å². The molecule has 1 saturated heterocycles. The predicted octanol–water partition coefficient (Wildman–Crippen LogP) is 2.14. The highest BCUT2D eigenvalue weighted by Gasteiger charge is 2.35. The molecule has 1 atom stereocenters. The summed E-state index contributed by atoms with van der Waals surface area (Å²) >= 11 is 0. The molecule has 9 nitrogen and oxygen atoms in total. The zero-order valence-electron chi connectivity index (χ0n) is 14.6. The van der Waals surface area contributed by atoms with Gasteiger partial charge >= 0.3 is 0 Å². The van der Waals surface area contributed by atoms with Crippen molar-refractivity contribution >= 4 is 23.4 Å². The van der Waals surface area contributed by atoms with E-state index >= 15 is 0 Å². The second kappa shape index (κ2) is 6.82. The van der Waals surface area contributed by atoms with E-state index in [-0.39, 0.29) is 35.0 Å². The van der Waals surface area contributed by atoms with Gasteiger partial charge in [0.1, 0.15) is 5.82 Å². The molecule has 0 aliphatic carbocycles. The number of nitrogens with zero attached hydrogens (tertiary/aromatic N) is 3. The number of anilines is 2. The lowest BCUT2D eigenvalue weighted by Crippen LogP contribution is -2.36. The summed E-state index contributed by atoms with van der Waals surface area (Å²) in [6.07, 6.45) is 3.14. The standard InChI is InChI=1S/C18H19N5O4/c24-14-10-12(11-6-2-3-7-13(11)23(26)27)15-16(19-14)20-18(21-17(15)25)22-8-4-1-5-9-22/h2-3,6-7,12H,1,4-5,8-10H2,(H2,19,20,21,24,25). The monoisotopic (exact) mass is 369 g/mol. The fourth-order valence-electron chi connectivity index (χ4n) is 3.83. The van der Waals surface area contributed by atoms with E-state index in [0.717, 1.165) is 32.4 Å². The number of carbonyl (C=O) groups is 1. The highest BCUT2D eigenvalue weighted by Crippen LogP contribution is 2.38. The van der Waals surface area contributed by atoms with Gasteiger partial charge in [0.2, 0.25) is 11.9 Å². The van der Waals surface area contributed by atoms with Crippen LogP contribution < -0.4 is 15.8 Å². The highest BCUT2D eigenvalue weighted by molar-refractivity contribution is 5.94. The van der Waals surface area contributed by atoms with Gasteiger partial charge in [0.05, 0.1) is 10.5 Å². The minimum Gasteiger partial charge on any atom is -0.342 e. The first-order valence-corrected chi connectivity index (χ1v) is 8.97. The lowest BCUT2D eigenvalue weighted by Gasteiger charge is -2.29. The fraction of sp³-hybridized carbons (Fsp3) is 0.389. The molecule has 0 bridgehead atoms. The number of hydrogen-bond acceptors (Lipinski definition) is 6. The Bertz CT molecular complexity index is 964. The van der Waals surface area contributed by atoms with E-state index in [9.17, 15) is 19.7 Å². The summed E-state index contributed by atoms with van der Waals surface area (Å²) in [5, 5.41) is 14.1. The molecule has 1 amide bonds. The molecule has 2 N–H and O–H groups in total. The largest absolute Gasteiger partial charge is 0.342 e. The number of para-hydroxylation sites is 1. The van der Waals surface area contributed by atoms with Gasteiger partial charge in [-0.2, -0.15) is 4.98 Å². The lowest BCUT2D eigenvalue weighted by atomic mass is 9.86. The van der Waals surface area contributed by atoms with Crippen molar-refractivity contribution in [2.45, 2.75) is 31.6 Å². The summed E-state index contributed by atoms with van der Waals surface area (Å²) < 4.78 is 0. The number of fused-ring (bicyclic) bond motifs is 1. The summed E-state index contributed by atoms with van der Waals surface area (Å²) in [7, 11) is 0. The van der Waals surface area contributed by atoms with E-state index in [0.29, 0.717) is 11.5 Å². The van der Waals surface area contributed by atoms with Gasteiger partial charge < -0.3 is 10.2 Å². The molecule has 9 heteroatoms. The third kappa shape index (κ3) is 3.16. The molecule has 1 unspecified atom stereocenters. The van der Waals surface area contributed by atoms with Gasteiger partial charge in [-0.1, -0.05) is 18.2 Å². The molecule has 0 spiro atoms. The Labute approximate surface area is 154 Å². The van der Waals surface area contributed by atoms with Crippen molar-refractivity contribution in [1.82, 2.24) is 9.97 Å². The smallest absolute Gasteiger partial charge is 0.273 e. The van der Waals surface area contributed by atoms with Crippen LogP contribution in [-0.4, -0.2) is 33.9 Å². The quantitative estimate of drug-likeness (QED) is 0.631. The molecule has 2 aromatic rings. The van der Waals surface area contributed by atoms with E-state index in [2.05, 4.69) is 15.3 Å². The molecule has 0 saturated carbocycles. The Morgan fingerprint density at radius 2 is 1.89 bits per heavy atom. The minimum absolute atomic E-state index is 0.0360. The number of aromatic amines is 1. The fourth-order valence-corrected chi connectivity index (χ4v) is 3.83. The van der Waals surface area contributed by atoms with Crippen LogP contribution in [0.4, 0.5) is 17.5 Å². The molecule has 1 fully saturated rings. The Morgan fingerprint density at radius 3 is 2.63 bits per heavy atom. The van der Waals surface area contributed by atoms with Crippen LogP contribution in [0.25, 0.3) is 0 Å². The van der Waals surface area contributed by atoms with Crippen molar-refractivity contribution in [3.05, 3.63) is 55.9 Å². The van der Waals surface area contributed by atoms with Crippen LogP contribution in [0.2, 0.25) is 0 Å². The van der Waals surface area contributed by atoms with Crippen LogP contribution in [0, 0.1) is 10.1 Å². The zero-order valence-corrected chi connectivity index (χ0v) is 14.6. The maximum atomic E-state index is 12.9. The number of rotatable bonds is 3. The molecule has 1 aromatic carbocycles. The second-order valence-electron chi connectivity index (χ2n) is 6.82. The van der Waals surface area contributed by atoms with Crippen LogP contribution in [0.3, 0.4) is 0 Å². The Hall–Kier alpha value is -3.23. The van der Waals surface area contributed by atoms with Crippen molar-refractivity contribution in [2.24, 2.45) is 0 Å². The molecule has 2 aliphatic rings. The first kappa shape index (κ1) is 17.2. The minimum atomic E-state index is -0.706. The zero-order chi connectivity index (χ0) is 19.0. The average molecular weight is 369 g/mol. The van der Waals surface area contributed by atoms with Crippen molar-refractivity contribution in [3.8, 4) is 0 Å². The van der Waals surface area contributed by atoms with Crippen molar-refractivity contribution in [1.29, 1.82) is 0 Å². The van der Waals surface area contributed by atoms with Gasteiger partial charge in [0.25, 0.3) is 11.2 Å². The molecule has 2 aliphatic heterocycles. The maximum Gasteiger partial charge on any atom is 0.273 e. The van der Waals surface area contributed by atoms with Gasteiger partial charge in [-0.3, -0.25) is 24.7 Å². The van der Waals surface area contributed by atoms with Gasteiger partial charge in [-0.15, -0.1) is 0 Å². The molecule has 1 aromatic heterocycles. The van der Waals surface area contributed by atoms with Crippen molar-refractivity contribution in [2.75, 3.05) is 23.3 Å². The molecule has 4 rings (SSSR count). The lowest BCUT2D eigenvalue weighted by molar-refractivity contribution is -0.385. The average Bonchev–Trinajstić information content (AvgIpc) is 2.67. The number of nitro groups is 1. The Morgan fingerprint density at radius 1 is 1.15 bits per heavy atom. The number of piperidine rings is 1.